The van der Waals surface area contributed by atoms with E-state index in [-0.39, 0.29) is 11.8 Å². The quantitative estimate of drug-likeness (QED) is 0.744. The van der Waals surface area contributed by atoms with Crippen molar-refractivity contribution in [3.63, 3.8) is 0 Å². The van der Waals surface area contributed by atoms with Gasteiger partial charge in [0.15, 0.2) is 5.65 Å². The molecule has 2 N–H and O–H groups in total. The fraction of sp³-hybridized carbons (Fsp3) is 0.300. The summed E-state index contributed by atoms with van der Waals surface area (Å²) in [6.45, 7) is 3.35. The predicted molar refractivity (Wildman–Crippen MR) is 104 cm³/mol. The maximum atomic E-state index is 13.0. The third-order valence-electron chi connectivity index (χ3n) is 4.69. The number of aromatic nitrogens is 3. The third kappa shape index (κ3) is 3.40. The molecular weight excluding hydrogens is 342 g/mol. The van der Waals surface area contributed by atoms with Gasteiger partial charge < -0.3 is 10.6 Å². The number of amides is 2. The lowest BCUT2D eigenvalue weighted by atomic mass is 10.1. The first kappa shape index (κ1) is 17.2. The SMILES string of the molecule is CC(=O)Nc1ccc(NC(=O)c2cc(C3CC3)nc3c2c(C)nn3C)cc1. The van der Waals surface area contributed by atoms with Crippen LogP contribution in [0, 0.1) is 6.92 Å². The molecule has 2 heterocycles. The maximum Gasteiger partial charge on any atom is 0.256 e. The smallest absolute Gasteiger partial charge is 0.256 e. The molecule has 138 valence electrons. The van der Waals surface area contributed by atoms with Crippen molar-refractivity contribution in [3.8, 4) is 0 Å². The Morgan fingerprint density at radius 3 is 2.33 bits per heavy atom. The van der Waals surface area contributed by atoms with Crippen molar-refractivity contribution < 1.29 is 9.59 Å². The number of carbonyl (C=O) groups is 2. The van der Waals surface area contributed by atoms with Crippen molar-refractivity contribution in [1.29, 1.82) is 0 Å². The van der Waals surface area contributed by atoms with Gasteiger partial charge in [-0.2, -0.15) is 5.10 Å². The molecule has 0 spiro atoms. The molecule has 0 aliphatic heterocycles. The molecule has 1 aliphatic carbocycles. The summed E-state index contributed by atoms with van der Waals surface area (Å²) in [6.07, 6.45) is 2.22. The molecule has 0 atom stereocenters. The van der Waals surface area contributed by atoms with Crippen molar-refractivity contribution in [2.45, 2.75) is 32.6 Å². The zero-order chi connectivity index (χ0) is 19.1. The lowest BCUT2D eigenvalue weighted by Gasteiger charge is -2.10. The van der Waals surface area contributed by atoms with Gasteiger partial charge in [-0.3, -0.25) is 14.3 Å². The largest absolute Gasteiger partial charge is 0.326 e. The van der Waals surface area contributed by atoms with Gasteiger partial charge in [0, 0.05) is 37.0 Å². The molecule has 0 radical (unpaired) electrons. The molecule has 3 aromatic rings. The number of hydrogen-bond acceptors (Lipinski definition) is 4. The Morgan fingerprint density at radius 1 is 1.11 bits per heavy atom. The standard InChI is InChI=1S/C20H21N5O2/c1-11-18-16(10-17(13-4-5-13)23-19(18)25(3)24-11)20(27)22-15-8-6-14(7-9-15)21-12(2)26/h6-10,13H,4-5H2,1-3H3,(H,21,26)(H,22,27). The van der Waals surface area contributed by atoms with Crippen molar-refractivity contribution in [3.05, 3.63) is 47.3 Å². The first-order valence-corrected chi connectivity index (χ1v) is 8.95. The highest BCUT2D eigenvalue weighted by atomic mass is 16.2. The summed E-state index contributed by atoms with van der Waals surface area (Å²) in [4.78, 5) is 28.8. The molecule has 2 aromatic heterocycles. The van der Waals surface area contributed by atoms with Crippen molar-refractivity contribution >= 4 is 34.2 Å². The lowest BCUT2D eigenvalue weighted by molar-refractivity contribution is -0.114. The van der Waals surface area contributed by atoms with Crippen LogP contribution in [0.4, 0.5) is 11.4 Å². The van der Waals surface area contributed by atoms with Crippen LogP contribution in [0.25, 0.3) is 11.0 Å². The molecule has 1 aliphatic rings. The number of aryl methyl sites for hydroxylation is 2. The zero-order valence-corrected chi connectivity index (χ0v) is 15.5. The number of nitrogens with one attached hydrogen (secondary N) is 2. The van der Waals surface area contributed by atoms with Crippen LogP contribution in [0.1, 0.15) is 47.4 Å². The molecule has 0 unspecified atom stereocenters. The highest BCUT2D eigenvalue weighted by Crippen LogP contribution is 2.40. The maximum absolute atomic E-state index is 13.0. The van der Waals surface area contributed by atoms with Crippen LogP contribution in [0.15, 0.2) is 30.3 Å². The van der Waals surface area contributed by atoms with Gasteiger partial charge in [-0.15, -0.1) is 0 Å². The molecule has 4 rings (SSSR count). The highest BCUT2D eigenvalue weighted by molar-refractivity contribution is 6.12. The van der Waals surface area contributed by atoms with Crippen LogP contribution >= 0.6 is 0 Å². The number of benzene rings is 1. The number of pyridine rings is 1. The second-order valence-electron chi connectivity index (χ2n) is 6.99. The van der Waals surface area contributed by atoms with Crippen molar-refractivity contribution in [2.75, 3.05) is 10.6 Å². The number of fused-ring (bicyclic) bond motifs is 1. The number of rotatable bonds is 4. The summed E-state index contributed by atoms with van der Waals surface area (Å²) < 4.78 is 1.73. The Labute approximate surface area is 156 Å². The summed E-state index contributed by atoms with van der Waals surface area (Å²) in [5, 5.41) is 10.9. The van der Waals surface area contributed by atoms with Gasteiger partial charge in [0.25, 0.3) is 5.91 Å². The van der Waals surface area contributed by atoms with Gasteiger partial charge in [0.05, 0.1) is 16.6 Å². The number of hydrogen-bond donors (Lipinski definition) is 2. The van der Waals surface area contributed by atoms with E-state index in [0.29, 0.717) is 22.9 Å². The van der Waals surface area contributed by atoms with E-state index in [1.54, 1.807) is 28.9 Å². The van der Waals surface area contributed by atoms with Gasteiger partial charge in [-0.25, -0.2) is 4.98 Å². The van der Waals surface area contributed by atoms with Crippen LogP contribution in [0.2, 0.25) is 0 Å². The second kappa shape index (κ2) is 6.50. The molecule has 27 heavy (non-hydrogen) atoms. The van der Waals surface area contributed by atoms with Crippen molar-refractivity contribution in [1.82, 2.24) is 14.8 Å². The third-order valence-corrected chi connectivity index (χ3v) is 4.69. The molecule has 7 heteroatoms. The molecule has 0 bridgehead atoms. The first-order valence-electron chi connectivity index (χ1n) is 8.95. The van der Waals surface area contributed by atoms with E-state index in [1.165, 1.54) is 6.92 Å². The van der Waals surface area contributed by atoms with E-state index in [0.717, 1.165) is 35.3 Å². The summed E-state index contributed by atoms with van der Waals surface area (Å²) in [5.74, 6) is 0.117. The number of anilines is 2. The van der Waals surface area contributed by atoms with Crippen LogP contribution in [0.5, 0.6) is 0 Å². The van der Waals surface area contributed by atoms with Gasteiger partial charge >= 0.3 is 0 Å². The van der Waals surface area contributed by atoms with Gasteiger partial charge in [-0.1, -0.05) is 0 Å². The minimum Gasteiger partial charge on any atom is -0.326 e. The average molecular weight is 363 g/mol. The number of carbonyl (C=O) groups excluding carboxylic acids is 2. The Bertz CT molecular complexity index is 1050. The first-order chi connectivity index (χ1) is 12.9. The molecule has 7 nitrogen and oxygen atoms in total. The summed E-state index contributed by atoms with van der Waals surface area (Å²) in [6, 6.07) is 8.93. The van der Waals surface area contributed by atoms with E-state index in [9.17, 15) is 9.59 Å². The van der Waals surface area contributed by atoms with Crippen LogP contribution in [-0.2, 0) is 11.8 Å². The monoisotopic (exact) mass is 363 g/mol. The lowest BCUT2D eigenvalue weighted by Crippen LogP contribution is -2.14. The predicted octanol–water partition coefficient (Wildman–Crippen LogP) is 3.36. The van der Waals surface area contributed by atoms with Crippen LogP contribution in [-0.4, -0.2) is 26.6 Å². The van der Waals surface area contributed by atoms with Crippen LogP contribution < -0.4 is 10.6 Å². The fourth-order valence-corrected chi connectivity index (χ4v) is 3.27. The fourth-order valence-electron chi connectivity index (χ4n) is 3.27. The molecule has 1 fully saturated rings. The zero-order valence-electron chi connectivity index (χ0n) is 15.5. The van der Waals surface area contributed by atoms with E-state index < -0.39 is 0 Å². The van der Waals surface area contributed by atoms with E-state index in [4.69, 9.17) is 4.98 Å². The highest BCUT2D eigenvalue weighted by Gasteiger charge is 2.28. The Morgan fingerprint density at radius 2 is 1.74 bits per heavy atom. The average Bonchev–Trinajstić information content (AvgIpc) is 3.42. The molecule has 1 aromatic carbocycles. The van der Waals surface area contributed by atoms with E-state index in [1.807, 2.05) is 20.0 Å². The van der Waals surface area contributed by atoms with Crippen molar-refractivity contribution in [2.24, 2.45) is 7.05 Å². The second-order valence-corrected chi connectivity index (χ2v) is 6.99. The molecule has 0 saturated heterocycles. The van der Waals surface area contributed by atoms with Gasteiger partial charge in [0.2, 0.25) is 5.91 Å². The summed E-state index contributed by atoms with van der Waals surface area (Å²) in [5.41, 5.74) is 4.42. The van der Waals surface area contributed by atoms with Gasteiger partial charge in [0.1, 0.15) is 0 Å². The minimum atomic E-state index is -0.187. The normalized spacial score (nSPS) is 13.6. The topological polar surface area (TPSA) is 88.9 Å². The minimum absolute atomic E-state index is 0.134. The number of nitrogens with zero attached hydrogens (tertiary/aromatic N) is 3. The van der Waals surface area contributed by atoms with Gasteiger partial charge in [-0.05, 0) is 50.1 Å². The molecule has 1 saturated carbocycles. The molecule has 2 amide bonds. The Kier molecular flexibility index (Phi) is 4.14. The summed E-state index contributed by atoms with van der Waals surface area (Å²) >= 11 is 0. The van der Waals surface area contributed by atoms with E-state index in [2.05, 4.69) is 15.7 Å². The summed E-state index contributed by atoms with van der Waals surface area (Å²) in [7, 11) is 1.85. The van der Waals surface area contributed by atoms with E-state index >= 15 is 0 Å². The Hall–Kier alpha value is -3.22. The van der Waals surface area contributed by atoms with Crippen LogP contribution in [0.3, 0.4) is 0 Å². The Balaban J connectivity index is 1.67. The molecular formula is C20H21N5O2.